The highest BCUT2D eigenvalue weighted by molar-refractivity contribution is 9.10. The highest BCUT2D eigenvalue weighted by Gasteiger charge is 2.02. The number of rotatable bonds is 3. The molecule has 3 rings (SSSR count). The maximum atomic E-state index is 5.48. The normalized spacial score (nSPS) is 11.2. The van der Waals surface area contributed by atoms with Gasteiger partial charge in [0.1, 0.15) is 5.52 Å². The van der Waals surface area contributed by atoms with Crippen LogP contribution in [0.1, 0.15) is 5.56 Å². The third kappa shape index (κ3) is 2.82. The second-order valence-electron chi connectivity index (χ2n) is 3.91. The van der Waals surface area contributed by atoms with Gasteiger partial charge in [-0.2, -0.15) is 10.1 Å². The largest absolute Gasteiger partial charge is 0.422 e. The van der Waals surface area contributed by atoms with Crippen molar-refractivity contribution < 1.29 is 4.42 Å². The van der Waals surface area contributed by atoms with Crippen LogP contribution in [0.5, 0.6) is 0 Å². The fraction of sp³-hybridized carbons (Fsp3) is 0. The monoisotopic (exact) mass is 315 g/mol. The molecular formula is C14H10BrN3O. The van der Waals surface area contributed by atoms with Gasteiger partial charge < -0.3 is 4.42 Å². The zero-order valence-corrected chi connectivity index (χ0v) is 11.5. The van der Waals surface area contributed by atoms with E-state index in [4.69, 9.17) is 4.42 Å². The average Bonchev–Trinajstić information content (AvgIpc) is 2.83. The van der Waals surface area contributed by atoms with E-state index in [2.05, 4.69) is 31.4 Å². The molecule has 1 N–H and O–H groups in total. The Labute approximate surface area is 118 Å². The Hall–Kier alpha value is -2.14. The lowest BCUT2D eigenvalue weighted by Gasteiger charge is -1.94. The van der Waals surface area contributed by atoms with Gasteiger partial charge in [-0.3, -0.25) is 0 Å². The Morgan fingerprint density at radius 2 is 1.89 bits per heavy atom. The Morgan fingerprint density at radius 1 is 1.11 bits per heavy atom. The Bertz CT molecular complexity index is 686. The molecule has 0 aliphatic carbocycles. The van der Waals surface area contributed by atoms with Crippen LogP contribution < -0.4 is 5.43 Å². The molecule has 0 unspecified atom stereocenters. The molecule has 3 aromatic rings. The summed E-state index contributed by atoms with van der Waals surface area (Å²) < 4.78 is 6.52. The molecule has 0 bridgehead atoms. The first-order valence-corrected chi connectivity index (χ1v) is 6.51. The highest BCUT2D eigenvalue weighted by atomic mass is 79.9. The SMILES string of the molecule is Brc1ccc(/C=N/Nc2nc3ccccc3o2)cc1. The van der Waals surface area contributed by atoms with Gasteiger partial charge in [-0.05, 0) is 29.8 Å². The molecule has 0 amide bonds. The first-order valence-electron chi connectivity index (χ1n) is 5.71. The third-order valence-corrected chi connectivity index (χ3v) is 3.07. The number of hydrazone groups is 1. The minimum absolute atomic E-state index is 0.384. The molecule has 19 heavy (non-hydrogen) atoms. The van der Waals surface area contributed by atoms with Gasteiger partial charge in [0.25, 0.3) is 0 Å². The van der Waals surface area contributed by atoms with Crippen LogP contribution in [0.2, 0.25) is 0 Å². The van der Waals surface area contributed by atoms with Crippen LogP contribution in [-0.4, -0.2) is 11.2 Å². The van der Waals surface area contributed by atoms with E-state index >= 15 is 0 Å². The van der Waals surface area contributed by atoms with E-state index in [1.807, 2.05) is 48.5 Å². The van der Waals surface area contributed by atoms with Crippen molar-refractivity contribution in [3.05, 3.63) is 58.6 Å². The molecule has 94 valence electrons. The average molecular weight is 316 g/mol. The fourth-order valence-corrected chi connectivity index (χ4v) is 1.90. The molecule has 1 aromatic heterocycles. The van der Waals surface area contributed by atoms with Crippen LogP contribution in [-0.2, 0) is 0 Å². The van der Waals surface area contributed by atoms with Gasteiger partial charge in [0, 0.05) is 4.47 Å². The Balaban J connectivity index is 1.73. The number of para-hydroxylation sites is 2. The van der Waals surface area contributed by atoms with Gasteiger partial charge in [0.2, 0.25) is 0 Å². The van der Waals surface area contributed by atoms with Crippen molar-refractivity contribution in [1.29, 1.82) is 0 Å². The minimum atomic E-state index is 0.384. The lowest BCUT2D eigenvalue weighted by molar-refractivity contribution is 0.617. The molecule has 0 radical (unpaired) electrons. The van der Waals surface area contributed by atoms with Gasteiger partial charge in [0.15, 0.2) is 5.58 Å². The third-order valence-electron chi connectivity index (χ3n) is 2.54. The summed E-state index contributed by atoms with van der Waals surface area (Å²) in [5.41, 5.74) is 5.32. The van der Waals surface area contributed by atoms with Gasteiger partial charge in [0.05, 0.1) is 6.21 Å². The summed E-state index contributed by atoms with van der Waals surface area (Å²) in [5, 5.41) is 4.09. The van der Waals surface area contributed by atoms with Crippen LogP contribution in [0.15, 0.2) is 62.5 Å². The van der Waals surface area contributed by atoms with E-state index in [0.29, 0.717) is 6.01 Å². The van der Waals surface area contributed by atoms with E-state index in [-0.39, 0.29) is 0 Å². The summed E-state index contributed by atoms with van der Waals surface area (Å²) in [6, 6.07) is 15.8. The molecule has 0 spiro atoms. The summed E-state index contributed by atoms with van der Waals surface area (Å²) in [7, 11) is 0. The summed E-state index contributed by atoms with van der Waals surface area (Å²) in [6.07, 6.45) is 1.71. The van der Waals surface area contributed by atoms with Crippen molar-refractivity contribution in [3.63, 3.8) is 0 Å². The van der Waals surface area contributed by atoms with Gasteiger partial charge in [-0.15, -0.1) is 0 Å². The lowest BCUT2D eigenvalue weighted by Crippen LogP contribution is -1.90. The van der Waals surface area contributed by atoms with Crippen molar-refractivity contribution in [1.82, 2.24) is 4.98 Å². The maximum absolute atomic E-state index is 5.48. The quantitative estimate of drug-likeness (QED) is 0.586. The second kappa shape index (κ2) is 5.24. The van der Waals surface area contributed by atoms with Gasteiger partial charge in [-0.1, -0.05) is 40.2 Å². The topological polar surface area (TPSA) is 50.4 Å². The molecule has 5 heteroatoms. The van der Waals surface area contributed by atoms with Crippen LogP contribution in [0.25, 0.3) is 11.1 Å². The number of nitrogens with zero attached hydrogens (tertiary/aromatic N) is 2. The van der Waals surface area contributed by atoms with E-state index in [1.54, 1.807) is 6.21 Å². The summed E-state index contributed by atoms with van der Waals surface area (Å²) in [6.45, 7) is 0. The highest BCUT2D eigenvalue weighted by Crippen LogP contribution is 2.17. The van der Waals surface area contributed by atoms with E-state index < -0.39 is 0 Å². The Kier molecular flexibility index (Phi) is 3.29. The molecule has 0 saturated carbocycles. The number of nitrogens with one attached hydrogen (secondary N) is 1. The Morgan fingerprint density at radius 3 is 2.68 bits per heavy atom. The number of anilines is 1. The number of oxazole rings is 1. The first kappa shape index (κ1) is 11.9. The second-order valence-corrected chi connectivity index (χ2v) is 4.82. The maximum Gasteiger partial charge on any atom is 0.316 e. The summed E-state index contributed by atoms with van der Waals surface area (Å²) in [4.78, 5) is 4.26. The number of hydrogen-bond acceptors (Lipinski definition) is 4. The smallest absolute Gasteiger partial charge is 0.316 e. The molecule has 4 nitrogen and oxygen atoms in total. The molecule has 0 aliphatic rings. The standard InChI is InChI=1S/C14H10BrN3O/c15-11-7-5-10(6-8-11)9-16-18-14-17-12-3-1-2-4-13(12)19-14/h1-9H,(H,17,18)/b16-9+. The number of aromatic nitrogens is 1. The number of benzene rings is 2. The summed E-state index contributed by atoms with van der Waals surface area (Å²) >= 11 is 3.38. The van der Waals surface area contributed by atoms with E-state index in [9.17, 15) is 0 Å². The van der Waals surface area contributed by atoms with E-state index in [1.165, 1.54) is 0 Å². The number of hydrogen-bond donors (Lipinski definition) is 1. The first-order chi connectivity index (χ1) is 9.31. The van der Waals surface area contributed by atoms with Crippen molar-refractivity contribution in [2.75, 3.05) is 5.43 Å². The van der Waals surface area contributed by atoms with Crippen molar-refractivity contribution in [3.8, 4) is 0 Å². The molecule has 0 aliphatic heterocycles. The van der Waals surface area contributed by atoms with Crippen LogP contribution in [0.4, 0.5) is 6.01 Å². The van der Waals surface area contributed by atoms with Crippen molar-refractivity contribution in [2.45, 2.75) is 0 Å². The number of fused-ring (bicyclic) bond motifs is 1. The minimum Gasteiger partial charge on any atom is -0.422 e. The lowest BCUT2D eigenvalue weighted by atomic mass is 10.2. The predicted octanol–water partition coefficient (Wildman–Crippen LogP) is 4.04. The molecular weight excluding hydrogens is 306 g/mol. The van der Waals surface area contributed by atoms with Crippen LogP contribution in [0.3, 0.4) is 0 Å². The molecule has 0 saturated heterocycles. The van der Waals surface area contributed by atoms with Gasteiger partial charge in [-0.25, -0.2) is 5.43 Å². The predicted molar refractivity (Wildman–Crippen MR) is 79.4 cm³/mol. The number of halogens is 1. The van der Waals surface area contributed by atoms with Gasteiger partial charge >= 0.3 is 6.01 Å². The van der Waals surface area contributed by atoms with Crippen LogP contribution >= 0.6 is 15.9 Å². The van der Waals surface area contributed by atoms with Crippen molar-refractivity contribution >= 4 is 39.3 Å². The molecule has 2 aromatic carbocycles. The summed E-state index contributed by atoms with van der Waals surface area (Å²) in [5.74, 6) is 0. The zero-order chi connectivity index (χ0) is 13.1. The zero-order valence-electron chi connectivity index (χ0n) is 9.88. The molecule has 1 heterocycles. The van der Waals surface area contributed by atoms with Crippen molar-refractivity contribution in [2.24, 2.45) is 5.10 Å². The fourth-order valence-electron chi connectivity index (χ4n) is 1.63. The van der Waals surface area contributed by atoms with E-state index in [0.717, 1.165) is 21.1 Å². The molecule has 0 atom stereocenters. The van der Waals surface area contributed by atoms with Crippen LogP contribution in [0, 0.1) is 0 Å². The molecule has 0 fully saturated rings.